The number of piperidine rings is 1. The molecule has 0 spiro atoms. The zero-order chi connectivity index (χ0) is 24.9. The monoisotopic (exact) mass is 481 g/mol. The van der Waals surface area contributed by atoms with Gasteiger partial charge < -0.3 is 14.6 Å². The first-order valence-corrected chi connectivity index (χ1v) is 12.5. The Balaban J connectivity index is 1.57. The largest absolute Gasteiger partial charge is 0.493 e. The Hall–Kier alpha value is -3.83. The van der Waals surface area contributed by atoms with E-state index in [2.05, 4.69) is 35.2 Å². The lowest BCUT2D eigenvalue weighted by Gasteiger charge is -2.40. The summed E-state index contributed by atoms with van der Waals surface area (Å²) in [6.45, 7) is 1.16. The highest BCUT2D eigenvalue weighted by Gasteiger charge is 2.36. The molecular weight excluding hydrogens is 450 g/mol. The Morgan fingerprint density at radius 1 is 0.944 bits per heavy atom. The van der Waals surface area contributed by atoms with E-state index in [-0.39, 0.29) is 6.04 Å². The summed E-state index contributed by atoms with van der Waals surface area (Å²) in [5.74, 6) is 0.530. The molecule has 1 N–H and O–H groups in total. The molecule has 1 aliphatic rings. The van der Waals surface area contributed by atoms with Crippen LogP contribution in [0.3, 0.4) is 0 Å². The van der Waals surface area contributed by atoms with Gasteiger partial charge in [0.2, 0.25) is 0 Å². The van der Waals surface area contributed by atoms with Gasteiger partial charge in [-0.05, 0) is 59.0 Å². The Kier molecular flexibility index (Phi) is 7.19. The second-order valence-electron chi connectivity index (χ2n) is 9.24. The van der Waals surface area contributed by atoms with E-state index < -0.39 is 12.0 Å². The fourth-order valence-corrected chi connectivity index (χ4v) is 5.28. The molecule has 2 atom stereocenters. The van der Waals surface area contributed by atoms with Gasteiger partial charge in [-0.15, -0.1) is 0 Å². The third kappa shape index (κ3) is 4.93. The lowest BCUT2D eigenvalue weighted by atomic mass is 9.89. The zero-order valence-corrected chi connectivity index (χ0v) is 20.5. The summed E-state index contributed by atoms with van der Waals surface area (Å²) in [5.41, 5.74) is 3.17. The van der Waals surface area contributed by atoms with E-state index in [1.54, 1.807) is 7.11 Å². The number of aliphatic carboxylic acids is 1. The molecule has 1 aliphatic heterocycles. The van der Waals surface area contributed by atoms with Crippen LogP contribution in [-0.4, -0.2) is 35.7 Å². The molecule has 0 saturated carbocycles. The molecule has 1 fully saturated rings. The lowest BCUT2D eigenvalue weighted by Crippen LogP contribution is -2.46. The molecule has 5 nitrogen and oxygen atoms in total. The molecule has 5 rings (SSSR count). The summed E-state index contributed by atoms with van der Waals surface area (Å²) in [7, 11) is 1.64. The van der Waals surface area contributed by atoms with Gasteiger partial charge in [0, 0.05) is 0 Å². The van der Waals surface area contributed by atoms with Crippen molar-refractivity contribution in [3.63, 3.8) is 0 Å². The Labute approximate surface area is 211 Å². The van der Waals surface area contributed by atoms with Crippen molar-refractivity contribution in [1.29, 1.82) is 0 Å². The highest BCUT2D eigenvalue weighted by Crippen LogP contribution is 2.40. The van der Waals surface area contributed by atoms with Gasteiger partial charge in [-0.2, -0.15) is 0 Å². The van der Waals surface area contributed by atoms with Crippen molar-refractivity contribution in [2.45, 2.75) is 38.0 Å². The highest BCUT2D eigenvalue weighted by atomic mass is 16.5. The molecule has 2 unspecified atom stereocenters. The number of methoxy groups -OCH3 is 1. The van der Waals surface area contributed by atoms with Crippen molar-refractivity contribution < 1.29 is 19.4 Å². The Morgan fingerprint density at radius 2 is 1.72 bits per heavy atom. The summed E-state index contributed by atoms with van der Waals surface area (Å²) >= 11 is 0. The predicted molar refractivity (Wildman–Crippen MR) is 142 cm³/mol. The van der Waals surface area contributed by atoms with Gasteiger partial charge in [0.15, 0.2) is 11.5 Å². The van der Waals surface area contributed by atoms with Crippen molar-refractivity contribution in [2.75, 3.05) is 13.7 Å². The summed E-state index contributed by atoms with van der Waals surface area (Å²) in [5, 5.41) is 12.4. The van der Waals surface area contributed by atoms with Crippen molar-refractivity contribution >= 4 is 16.7 Å². The number of fused-ring (bicyclic) bond motifs is 1. The fourth-order valence-electron chi connectivity index (χ4n) is 5.28. The number of carbonyl (C=O) groups is 1. The quantitative estimate of drug-likeness (QED) is 0.313. The molecule has 4 aromatic rings. The van der Waals surface area contributed by atoms with Crippen molar-refractivity contribution in [3.05, 3.63) is 108 Å². The number of likely N-dealkylation sites (tertiary alicyclic amines) is 1. The summed E-state index contributed by atoms with van der Waals surface area (Å²) < 4.78 is 11.8. The number of hydrogen-bond donors (Lipinski definition) is 1. The maximum absolute atomic E-state index is 12.3. The summed E-state index contributed by atoms with van der Waals surface area (Å²) in [4.78, 5) is 14.5. The summed E-state index contributed by atoms with van der Waals surface area (Å²) in [6, 6.07) is 29.8. The standard InChI is InChI=1S/C31H31NO4/c1-35-29-20-24(17-18-28(29)36-21-22-10-3-2-4-11-22)30(32-19-8-7-16-27(32)31(33)34)26-15-9-13-23-12-5-6-14-25(23)26/h2-6,9-15,17-18,20,27,30H,7-8,16,19,21H2,1H3,(H,33,34). The number of ether oxygens (including phenoxy) is 2. The number of rotatable bonds is 8. The molecule has 1 heterocycles. The Morgan fingerprint density at radius 3 is 2.53 bits per heavy atom. The Bertz CT molecular complexity index is 1330. The van der Waals surface area contributed by atoms with Crippen molar-refractivity contribution in [2.24, 2.45) is 0 Å². The minimum atomic E-state index is -0.769. The maximum atomic E-state index is 12.3. The number of carboxylic acid groups (broad SMARTS) is 1. The molecule has 0 radical (unpaired) electrons. The molecular formula is C31H31NO4. The van der Waals surface area contributed by atoms with E-state index in [0.717, 1.165) is 46.8 Å². The number of benzene rings is 4. The molecule has 0 amide bonds. The van der Waals surface area contributed by atoms with Gasteiger partial charge in [-0.1, -0.05) is 85.3 Å². The third-order valence-corrected chi connectivity index (χ3v) is 7.02. The molecule has 0 aromatic heterocycles. The van der Waals surface area contributed by atoms with E-state index in [0.29, 0.717) is 24.5 Å². The number of carboxylic acids is 1. The first-order chi connectivity index (χ1) is 17.7. The van der Waals surface area contributed by atoms with Gasteiger partial charge in [0.05, 0.1) is 13.2 Å². The highest BCUT2D eigenvalue weighted by molar-refractivity contribution is 5.86. The van der Waals surface area contributed by atoms with Crippen molar-refractivity contribution in [3.8, 4) is 11.5 Å². The van der Waals surface area contributed by atoms with Gasteiger partial charge >= 0.3 is 5.97 Å². The summed E-state index contributed by atoms with van der Waals surface area (Å²) in [6.07, 6.45) is 2.54. The number of nitrogens with zero attached hydrogens (tertiary/aromatic N) is 1. The molecule has 0 aliphatic carbocycles. The second kappa shape index (κ2) is 10.8. The van der Waals surface area contributed by atoms with Crippen LogP contribution in [0.4, 0.5) is 0 Å². The van der Waals surface area contributed by atoms with E-state index >= 15 is 0 Å². The SMILES string of the molecule is COc1cc(C(c2cccc3ccccc23)N2CCCCC2C(=O)O)ccc1OCc1ccccc1. The maximum Gasteiger partial charge on any atom is 0.320 e. The van der Waals surface area contributed by atoms with Crippen LogP contribution in [0.1, 0.15) is 42.0 Å². The van der Waals surface area contributed by atoms with Crippen LogP contribution in [0.15, 0.2) is 91.0 Å². The van der Waals surface area contributed by atoms with E-state index in [9.17, 15) is 9.90 Å². The van der Waals surface area contributed by atoms with Gasteiger partial charge in [0.1, 0.15) is 12.6 Å². The molecule has 184 valence electrons. The second-order valence-corrected chi connectivity index (χ2v) is 9.24. The van der Waals surface area contributed by atoms with Crippen LogP contribution in [0.2, 0.25) is 0 Å². The van der Waals surface area contributed by atoms with Crippen molar-refractivity contribution in [1.82, 2.24) is 4.90 Å². The first kappa shape index (κ1) is 23.9. The fraction of sp³-hybridized carbons (Fsp3) is 0.258. The van der Waals surface area contributed by atoms with Crippen LogP contribution in [0, 0.1) is 0 Å². The minimum absolute atomic E-state index is 0.227. The van der Waals surface area contributed by atoms with Crippen LogP contribution in [0.5, 0.6) is 11.5 Å². The molecule has 1 saturated heterocycles. The predicted octanol–water partition coefficient (Wildman–Crippen LogP) is 6.46. The lowest BCUT2D eigenvalue weighted by molar-refractivity contribution is -0.145. The average molecular weight is 482 g/mol. The molecule has 5 heteroatoms. The third-order valence-electron chi connectivity index (χ3n) is 7.02. The van der Waals surface area contributed by atoms with E-state index in [1.807, 2.05) is 60.7 Å². The number of hydrogen-bond acceptors (Lipinski definition) is 4. The van der Waals surface area contributed by atoms with Gasteiger partial charge in [0.25, 0.3) is 0 Å². The van der Waals surface area contributed by atoms with Crippen LogP contribution >= 0.6 is 0 Å². The molecule has 0 bridgehead atoms. The smallest absolute Gasteiger partial charge is 0.320 e. The van der Waals surface area contributed by atoms with E-state index in [4.69, 9.17) is 9.47 Å². The topological polar surface area (TPSA) is 59.0 Å². The van der Waals surface area contributed by atoms with Crippen LogP contribution in [-0.2, 0) is 11.4 Å². The molecule has 4 aromatic carbocycles. The normalized spacial score (nSPS) is 17.0. The van der Waals surface area contributed by atoms with E-state index in [1.165, 1.54) is 0 Å². The zero-order valence-electron chi connectivity index (χ0n) is 20.5. The van der Waals surface area contributed by atoms with Gasteiger partial charge in [-0.3, -0.25) is 9.69 Å². The van der Waals surface area contributed by atoms with Crippen LogP contribution < -0.4 is 9.47 Å². The van der Waals surface area contributed by atoms with Gasteiger partial charge in [-0.25, -0.2) is 0 Å². The average Bonchev–Trinajstić information content (AvgIpc) is 2.93. The first-order valence-electron chi connectivity index (χ1n) is 12.5. The van der Waals surface area contributed by atoms with Crippen LogP contribution in [0.25, 0.3) is 10.8 Å². The minimum Gasteiger partial charge on any atom is -0.493 e. The molecule has 36 heavy (non-hydrogen) atoms.